The van der Waals surface area contributed by atoms with Crippen molar-refractivity contribution in [1.82, 2.24) is 20.4 Å². The standard InChI is InChI=1S/C22H37N5O2.HI/c1-5-23-22(25-11-13-26(6-2)15(3)4)24-10-7-12-27-20(28)18-16-8-9-17(14-16)19(18)21(27)29;/h8-9,15-19H,5-7,10-14H2,1-4H3,(H2,23,24,25);1H. The lowest BCUT2D eigenvalue weighted by Gasteiger charge is -2.25. The predicted molar refractivity (Wildman–Crippen MR) is 131 cm³/mol. The highest BCUT2D eigenvalue weighted by Gasteiger charge is 2.58. The molecule has 0 aromatic rings. The average Bonchev–Trinajstić information content (AvgIpc) is 3.37. The van der Waals surface area contributed by atoms with Crippen LogP contribution >= 0.6 is 24.0 Å². The van der Waals surface area contributed by atoms with E-state index in [1.807, 2.05) is 6.92 Å². The van der Waals surface area contributed by atoms with Crippen molar-refractivity contribution in [3.63, 3.8) is 0 Å². The van der Waals surface area contributed by atoms with Crippen molar-refractivity contribution in [3.8, 4) is 0 Å². The van der Waals surface area contributed by atoms with E-state index >= 15 is 0 Å². The first kappa shape index (κ1) is 25.1. The van der Waals surface area contributed by atoms with E-state index in [1.165, 1.54) is 4.90 Å². The van der Waals surface area contributed by atoms with Crippen LogP contribution in [0.5, 0.6) is 0 Å². The number of aliphatic imine (C=N–C) groups is 1. The molecule has 3 rings (SSSR count). The van der Waals surface area contributed by atoms with E-state index in [2.05, 4.69) is 53.4 Å². The van der Waals surface area contributed by atoms with E-state index in [0.717, 1.165) is 38.6 Å². The van der Waals surface area contributed by atoms with Crippen molar-refractivity contribution in [2.45, 2.75) is 46.6 Å². The zero-order chi connectivity index (χ0) is 21.0. The quantitative estimate of drug-likeness (QED) is 0.113. The maximum Gasteiger partial charge on any atom is 0.233 e. The second-order valence-electron chi connectivity index (χ2n) is 8.59. The van der Waals surface area contributed by atoms with Gasteiger partial charge in [0.25, 0.3) is 0 Å². The number of carbonyl (C=O) groups excluding carboxylic acids is 2. The largest absolute Gasteiger partial charge is 0.357 e. The highest BCUT2D eigenvalue weighted by molar-refractivity contribution is 14.0. The molecule has 0 spiro atoms. The first-order valence-electron chi connectivity index (χ1n) is 11.3. The van der Waals surface area contributed by atoms with Crippen molar-refractivity contribution >= 4 is 41.8 Å². The summed E-state index contributed by atoms with van der Waals surface area (Å²) in [5.74, 6) is 1.25. The van der Waals surface area contributed by atoms with Gasteiger partial charge in [-0.15, -0.1) is 24.0 Å². The smallest absolute Gasteiger partial charge is 0.233 e. The van der Waals surface area contributed by atoms with Crippen LogP contribution in [-0.4, -0.2) is 72.9 Å². The minimum Gasteiger partial charge on any atom is -0.357 e. The number of nitrogens with one attached hydrogen (secondary N) is 2. The summed E-state index contributed by atoms with van der Waals surface area (Å²) < 4.78 is 0. The third-order valence-electron chi connectivity index (χ3n) is 6.54. The number of amides is 2. The van der Waals surface area contributed by atoms with Gasteiger partial charge in [-0.25, -0.2) is 0 Å². The summed E-state index contributed by atoms with van der Waals surface area (Å²) >= 11 is 0. The maximum atomic E-state index is 12.7. The number of guanidine groups is 1. The molecule has 0 radical (unpaired) electrons. The first-order chi connectivity index (χ1) is 14.0. The van der Waals surface area contributed by atoms with E-state index in [0.29, 0.717) is 25.6 Å². The lowest BCUT2D eigenvalue weighted by Crippen LogP contribution is -2.43. The number of nitrogens with zero attached hydrogens (tertiary/aromatic N) is 3. The fraction of sp³-hybridized carbons (Fsp3) is 0.773. The molecule has 2 N–H and O–H groups in total. The molecule has 2 fully saturated rings. The van der Waals surface area contributed by atoms with Crippen LogP contribution < -0.4 is 10.6 Å². The van der Waals surface area contributed by atoms with Crippen LogP contribution in [0.25, 0.3) is 0 Å². The van der Waals surface area contributed by atoms with E-state index < -0.39 is 0 Å². The molecule has 0 aromatic carbocycles. The van der Waals surface area contributed by atoms with Crippen LogP contribution in [0, 0.1) is 23.7 Å². The monoisotopic (exact) mass is 531 g/mol. The van der Waals surface area contributed by atoms with Gasteiger partial charge in [0.2, 0.25) is 11.8 Å². The molecular weight excluding hydrogens is 493 g/mol. The van der Waals surface area contributed by atoms with Crippen LogP contribution in [0.3, 0.4) is 0 Å². The molecule has 1 heterocycles. The maximum absolute atomic E-state index is 12.7. The number of carbonyl (C=O) groups is 2. The Kier molecular flexibility index (Phi) is 9.59. The van der Waals surface area contributed by atoms with Crippen molar-refractivity contribution < 1.29 is 9.59 Å². The van der Waals surface area contributed by atoms with Gasteiger partial charge in [0.1, 0.15) is 0 Å². The van der Waals surface area contributed by atoms with Crippen LogP contribution in [0.15, 0.2) is 17.1 Å². The Morgan fingerprint density at radius 3 is 2.33 bits per heavy atom. The normalized spacial score (nSPS) is 27.3. The molecule has 4 atom stereocenters. The molecule has 3 aliphatic rings. The highest BCUT2D eigenvalue weighted by Crippen LogP contribution is 2.52. The molecule has 4 unspecified atom stereocenters. The van der Waals surface area contributed by atoms with Crippen LogP contribution in [0.1, 0.15) is 40.5 Å². The fourth-order valence-electron chi connectivity index (χ4n) is 5.05. The van der Waals surface area contributed by atoms with Gasteiger partial charge >= 0.3 is 0 Å². The van der Waals surface area contributed by atoms with Crippen LogP contribution in [-0.2, 0) is 9.59 Å². The molecule has 2 bridgehead atoms. The summed E-state index contributed by atoms with van der Waals surface area (Å²) in [4.78, 5) is 33.9. The van der Waals surface area contributed by atoms with Crippen molar-refractivity contribution in [3.05, 3.63) is 12.2 Å². The molecule has 8 heteroatoms. The van der Waals surface area contributed by atoms with E-state index in [1.54, 1.807) is 0 Å². The Balaban J connectivity index is 0.00000320. The Bertz CT molecular complexity index is 636. The molecule has 170 valence electrons. The lowest BCUT2D eigenvalue weighted by atomic mass is 9.85. The van der Waals surface area contributed by atoms with E-state index in [4.69, 9.17) is 0 Å². The molecule has 1 saturated carbocycles. The van der Waals surface area contributed by atoms with Crippen LogP contribution in [0.4, 0.5) is 0 Å². The van der Waals surface area contributed by atoms with Crippen LogP contribution in [0.2, 0.25) is 0 Å². The van der Waals surface area contributed by atoms with Gasteiger partial charge in [-0.05, 0) is 52.0 Å². The number of allylic oxidation sites excluding steroid dienone is 2. The van der Waals surface area contributed by atoms with Crippen molar-refractivity contribution in [1.29, 1.82) is 0 Å². The van der Waals surface area contributed by atoms with Gasteiger partial charge in [-0.3, -0.25) is 24.4 Å². The summed E-state index contributed by atoms with van der Waals surface area (Å²) in [5.41, 5.74) is 0. The number of hydrogen-bond acceptors (Lipinski definition) is 4. The third kappa shape index (κ3) is 5.36. The van der Waals surface area contributed by atoms with E-state index in [9.17, 15) is 9.59 Å². The second-order valence-corrected chi connectivity index (χ2v) is 8.59. The van der Waals surface area contributed by atoms with Crippen molar-refractivity contribution in [2.75, 3.05) is 39.3 Å². The zero-order valence-corrected chi connectivity index (χ0v) is 21.1. The predicted octanol–water partition coefficient (Wildman–Crippen LogP) is 2.09. The van der Waals surface area contributed by atoms with E-state index in [-0.39, 0.29) is 59.5 Å². The summed E-state index contributed by atoms with van der Waals surface area (Å²) in [6.07, 6.45) is 5.95. The van der Waals surface area contributed by atoms with Crippen molar-refractivity contribution in [2.24, 2.45) is 28.7 Å². The number of hydrogen-bond donors (Lipinski definition) is 2. The zero-order valence-electron chi connectivity index (χ0n) is 18.8. The molecule has 1 aliphatic heterocycles. The fourth-order valence-corrected chi connectivity index (χ4v) is 5.05. The molecule has 2 amide bonds. The Morgan fingerprint density at radius 1 is 1.17 bits per heavy atom. The third-order valence-corrected chi connectivity index (χ3v) is 6.54. The highest BCUT2D eigenvalue weighted by atomic mass is 127. The molecule has 30 heavy (non-hydrogen) atoms. The summed E-state index contributed by atoms with van der Waals surface area (Å²) in [6, 6.07) is 0.529. The molecule has 7 nitrogen and oxygen atoms in total. The minimum atomic E-state index is -0.0949. The minimum absolute atomic E-state index is 0. The Labute approximate surface area is 198 Å². The number of likely N-dealkylation sites (N-methyl/N-ethyl adjacent to an activating group) is 1. The number of fused-ring (bicyclic) bond motifs is 5. The summed E-state index contributed by atoms with van der Waals surface area (Å²) in [6.45, 7) is 13.3. The first-order valence-corrected chi connectivity index (χ1v) is 11.3. The van der Waals surface area contributed by atoms with Gasteiger partial charge in [0.15, 0.2) is 5.96 Å². The van der Waals surface area contributed by atoms with Gasteiger partial charge in [0, 0.05) is 38.8 Å². The number of likely N-dealkylation sites (tertiary alicyclic amines) is 1. The Hall–Kier alpha value is -1.16. The second kappa shape index (κ2) is 11.5. The average molecular weight is 531 g/mol. The number of rotatable bonds is 10. The van der Waals surface area contributed by atoms with Gasteiger partial charge < -0.3 is 10.6 Å². The molecule has 0 aromatic heterocycles. The molecular formula is C22H38IN5O2. The lowest BCUT2D eigenvalue weighted by molar-refractivity contribution is -0.140. The Morgan fingerprint density at radius 2 is 1.80 bits per heavy atom. The van der Waals surface area contributed by atoms with Gasteiger partial charge in [-0.2, -0.15) is 0 Å². The van der Waals surface area contributed by atoms with Gasteiger partial charge in [0.05, 0.1) is 11.8 Å². The SMILES string of the molecule is CCNC(=NCCCN1C(=O)C2C3C=CC(C3)C2C1=O)NCCN(CC)C(C)C.I. The topological polar surface area (TPSA) is 77.0 Å². The molecule has 2 aliphatic carbocycles. The van der Waals surface area contributed by atoms with Gasteiger partial charge in [-0.1, -0.05) is 19.1 Å². The summed E-state index contributed by atoms with van der Waals surface area (Å²) in [5, 5.41) is 6.65. The number of halogens is 1. The number of imide groups is 1. The summed E-state index contributed by atoms with van der Waals surface area (Å²) in [7, 11) is 0. The molecule has 1 saturated heterocycles.